The van der Waals surface area contributed by atoms with Crippen LogP contribution >= 0.6 is 0 Å². The van der Waals surface area contributed by atoms with Gasteiger partial charge in [-0.1, -0.05) is 19.3 Å². The second kappa shape index (κ2) is 12.7. The standard InChI is InChI=1S/C33H44N4O7.K.H/c1-35(2)22-13-19(15-37-10-9-16-7-5-6-8-17(16)14-37)27(38)24-20(22)11-18-12-21-26(36(3)4)29(40)25(32(34)43)31(42)33(21,44)30(41)23(18)28(24)39;;/h13,16-18,21,26,38-39,42,44H,5-12,14-15H2,1-4H3,(H2,34,43);;/q;+1;-1/t16?,17?,18-,21-,26-,33-;;/m0../s1/i;;1+2. The van der Waals surface area contributed by atoms with Gasteiger partial charge in [-0.25, -0.2) is 0 Å². The number of phenolic OH excluding ortho intramolecular Hbond substituents is 1. The number of piperidine rings is 1. The summed E-state index contributed by atoms with van der Waals surface area (Å²) in [7, 11) is 6.96. The van der Waals surface area contributed by atoms with Gasteiger partial charge in [0.2, 0.25) is 5.78 Å². The van der Waals surface area contributed by atoms with Gasteiger partial charge in [-0.2, -0.15) is 0 Å². The van der Waals surface area contributed by atoms with E-state index in [-0.39, 0.29) is 82.5 Å². The number of hydrogen-bond donors (Lipinski definition) is 5. The normalized spacial score (nSPS) is 31.6. The Hall–Kier alpha value is -1.77. The molecular formula is C33H45KN4O7. The number of ketones is 2. The minimum Gasteiger partial charge on any atom is -1.00 e. The zero-order valence-corrected chi connectivity index (χ0v) is 30.1. The molecule has 11 nitrogen and oxygen atoms in total. The molecule has 12 heteroatoms. The van der Waals surface area contributed by atoms with Crippen molar-refractivity contribution in [3.05, 3.63) is 39.7 Å². The zero-order valence-electron chi connectivity index (χ0n) is 28.0. The van der Waals surface area contributed by atoms with Gasteiger partial charge in [0.05, 0.1) is 11.6 Å². The number of likely N-dealkylation sites (N-methyl/N-ethyl adjacent to an activating group) is 1. The molecule has 45 heavy (non-hydrogen) atoms. The van der Waals surface area contributed by atoms with Crippen LogP contribution in [0.15, 0.2) is 23.0 Å². The number of carbonyl (C=O) groups is 3. The Kier molecular flexibility index (Phi) is 9.74. The maximum Gasteiger partial charge on any atom is 1.00 e. The molecule has 2 saturated carbocycles. The van der Waals surface area contributed by atoms with Crippen LogP contribution < -0.4 is 62.0 Å². The van der Waals surface area contributed by atoms with Crippen LogP contribution in [0, 0.1) is 23.7 Å². The van der Waals surface area contributed by atoms with E-state index in [1.807, 2.05) is 25.1 Å². The number of fused-ring (bicyclic) bond motifs is 4. The van der Waals surface area contributed by atoms with Crippen molar-refractivity contribution in [1.82, 2.24) is 9.80 Å². The molecule has 0 radical (unpaired) electrons. The smallest absolute Gasteiger partial charge is 1.00 e. The number of aliphatic hydroxyl groups excluding tert-OH is 2. The summed E-state index contributed by atoms with van der Waals surface area (Å²) in [4.78, 5) is 45.6. The number of likely N-dealkylation sites (tertiary alicyclic amines) is 1. The fraction of sp³-hybridized carbons (Fsp3) is 0.606. The molecule has 1 aromatic rings. The second-order valence-corrected chi connectivity index (χ2v) is 13.9. The van der Waals surface area contributed by atoms with Crippen molar-refractivity contribution in [2.24, 2.45) is 29.4 Å². The summed E-state index contributed by atoms with van der Waals surface area (Å²) in [6.45, 7) is 2.38. The van der Waals surface area contributed by atoms with Crippen LogP contribution in [0.2, 0.25) is 0 Å². The van der Waals surface area contributed by atoms with Crippen molar-refractivity contribution < 1.29 is 87.6 Å². The number of nitrogens with zero attached hydrogens (tertiary/aromatic N) is 3. The molecule has 4 aliphatic carbocycles. The first kappa shape index (κ1) is 34.6. The molecule has 6 atom stereocenters. The van der Waals surface area contributed by atoms with Gasteiger partial charge in [0.15, 0.2) is 11.4 Å². The van der Waals surface area contributed by atoms with E-state index in [1.165, 1.54) is 30.6 Å². The zero-order chi connectivity index (χ0) is 31.8. The quantitative estimate of drug-likeness (QED) is 0.200. The number of aromatic hydroxyl groups is 1. The predicted octanol–water partition coefficient (Wildman–Crippen LogP) is -0.841. The molecule has 1 amide bonds. The summed E-state index contributed by atoms with van der Waals surface area (Å²) in [5, 5.41) is 46.4. The summed E-state index contributed by atoms with van der Waals surface area (Å²) in [5.74, 6) is -4.93. The summed E-state index contributed by atoms with van der Waals surface area (Å²) in [6, 6.07) is 0.853. The van der Waals surface area contributed by atoms with Crippen molar-refractivity contribution in [2.75, 3.05) is 46.2 Å². The molecule has 240 valence electrons. The number of benzene rings is 1. The number of amides is 1. The van der Waals surface area contributed by atoms with Gasteiger partial charge >= 0.3 is 51.4 Å². The summed E-state index contributed by atoms with van der Waals surface area (Å²) < 4.78 is 0. The van der Waals surface area contributed by atoms with Crippen LogP contribution in [-0.2, 0) is 27.3 Å². The molecule has 0 aromatic heterocycles. The molecule has 1 aliphatic heterocycles. The number of rotatable bonds is 5. The van der Waals surface area contributed by atoms with Gasteiger partial charge in [-0.3, -0.25) is 24.2 Å². The number of aliphatic hydroxyl groups is 3. The Bertz CT molecular complexity index is 1510. The maximum absolute atomic E-state index is 14.2. The molecule has 1 aromatic carbocycles. The number of phenols is 1. The molecule has 6 rings (SSSR count). The van der Waals surface area contributed by atoms with E-state index < -0.39 is 58.0 Å². The summed E-state index contributed by atoms with van der Waals surface area (Å²) in [6.07, 6.45) is 6.52. The van der Waals surface area contributed by atoms with Gasteiger partial charge in [0, 0.05) is 49.9 Å². The monoisotopic (exact) mass is 650 g/mol. The number of anilines is 1. The molecule has 0 bridgehead atoms. The van der Waals surface area contributed by atoms with Crippen LogP contribution in [0.3, 0.4) is 0 Å². The van der Waals surface area contributed by atoms with Crippen LogP contribution in [0.1, 0.15) is 56.6 Å². The molecule has 5 aliphatic rings. The molecule has 0 spiro atoms. The van der Waals surface area contributed by atoms with Crippen LogP contribution in [0.4, 0.5) is 5.69 Å². The first-order chi connectivity index (χ1) is 20.8. The van der Waals surface area contributed by atoms with Gasteiger partial charge in [0.1, 0.15) is 22.8 Å². The fourth-order valence-electron chi connectivity index (χ4n) is 8.93. The van der Waals surface area contributed by atoms with Gasteiger partial charge < -0.3 is 32.5 Å². The first-order valence-electron chi connectivity index (χ1n) is 15.7. The first-order valence-corrected chi connectivity index (χ1v) is 15.7. The van der Waals surface area contributed by atoms with Crippen molar-refractivity contribution in [2.45, 2.75) is 63.1 Å². The number of primary amides is 1. The van der Waals surface area contributed by atoms with Gasteiger partial charge in [-0.05, 0) is 75.7 Å². The van der Waals surface area contributed by atoms with Crippen LogP contribution in [0.25, 0.3) is 5.76 Å². The molecule has 6 N–H and O–H groups in total. The SMILES string of the molecule is CN(C)c1cc(CN2CCC3CCCCC3C2)c(O)c2c1C[C@H]1C[C@H]3[C@H](N(C)C)C(=O)C(C(N)=O)=C(O)[C@@]3(O)C(=O)C1=C2O.[3H-].[K+]. The molecular weight excluding hydrogens is 603 g/mol. The molecule has 1 heterocycles. The minimum atomic E-state index is -2.65. The average Bonchev–Trinajstić information content (AvgIpc) is 2.95. The van der Waals surface area contributed by atoms with Crippen molar-refractivity contribution in [3.63, 3.8) is 0 Å². The van der Waals surface area contributed by atoms with E-state index >= 15 is 0 Å². The number of carbonyl (C=O) groups excluding carboxylic acids is 3. The third-order valence-corrected chi connectivity index (χ3v) is 11.0. The Balaban J connectivity index is 0.00000240. The Morgan fingerprint density at radius 2 is 1.76 bits per heavy atom. The largest absolute Gasteiger partial charge is 1.00 e. The predicted molar refractivity (Wildman–Crippen MR) is 165 cm³/mol. The maximum atomic E-state index is 14.2. The topological polar surface area (TPSA) is 168 Å². The number of Topliss-reactive ketones (excluding diaryl/α,β-unsaturated/α-hetero) is 2. The second-order valence-electron chi connectivity index (χ2n) is 13.9. The summed E-state index contributed by atoms with van der Waals surface area (Å²) >= 11 is 0. The molecule has 1 saturated heterocycles. The Labute approximate surface area is 308 Å². The van der Waals surface area contributed by atoms with E-state index in [2.05, 4.69) is 4.90 Å². The van der Waals surface area contributed by atoms with E-state index in [9.17, 15) is 34.8 Å². The van der Waals surface area contributed by atoms with E-state index in [0.717, 1.165) is 31.1 Å². The number of hydrogen-bond acceptors (Lipinski definition) is 10. The van der Waals surface area contributed by atoms with Gasteiger partial charge in [0.25, 0.3) is 5.91 Å². The van der Waals surface area contributed by atoms with Crippen molar-refractivity contribution >= 4 is 28.9 Å². The van der Waals surface area contributed by atoms with E-state index in [0.29, 0.717) is 23.6 Å². The van der Waals surface area contributed by atoms with Crippen molar-refractivity contribution in [3.8, 4) is 5.75 Å². The summed E-state index contributed by atoms with van der Waals surface area (Å²) in [5.41, 5.74) is 4.12. The van der Waals surface area contributed by atoms with Crippen LogP contribution in [0.5, 0.6) is 5.75 Å². The Morgan fingerprint density at radius 1 is 1.09 bits per heavy atom. The third-order valence-electron chi connectivity index (χ3n) is 11.0. The fourth-order valence-corrected chi connectivity index (χ4v) is 8.93. The number of nitrogens with two attached hydrogens (primary N) is 1. The molecule has 2 unspecified atom stereocenters. The van der Waals surface area contributed by atoms with Gasteiger partial charge in [-0.15, -0.1) is 0 Å². The van der Waals surface area contributed by atoms with Crippen molar-refractivity contribution in [1.29, 1.82) is 0 Å². The van der Waals surface area contributed by atoms with E-state index in [1.54, 1.807) is 14.1 Å². The van der Waals surface area contributed by atoms with E-state index in [4.69, 9.17) is 5.73 Å². The van der Waals surface area contributed by atoms with Crippen LogP contribution in [-0.4, -0.2) is 101 Å². The Morgan fingerprint density at radius 3 is 2.38 bits per heavy atom. The molecule has 3 fully saturated rings. The average molecular weight is 651 g/mol. The minimum absolute atomic E-state index is 0. The third kappa shape index (κ3) is 5.43.